The summed E-state index contributed by atoms with van der Waals surface area (Å²) in [5.41, 5.74) is 7.30. The zero-order valence-corrected chi connectivity index (χ0v) is 11.7. The molecule has 1 aromatic carbocycles. The summed E-state index contributed by atoms with van der Waals surface area (Å²) in [6.07, 6.45) is 1.95. The summed E-state index contributed by atoms with van der Waals surface area (Å²) < 4.78 is 26.8. The third kappa shape index (κ3) is 2.30. The average molecular weight is 268 g/mol. The van der Waals surface area contributed by atoms with E-state index >= 15 is 0 Å². The summed E-state index contributed by atoms with van der Waals surface area (Å²) in [7, 11) is -3.37. The predicted octanol–water partition coefficient (Wildman–Crippen LogP) is 1.63. The number of nitrogens with two attached hydrogens (primary N) is 1. The molecule has 2 rings (SSSR count). The fourth-order valence-corrected chi connectivity index (χ4v) is 4.24. The maximum absolute atomic E-state index is 12.6. The van der Waals surface area contributed by atoms with E-state index in [0.29, 0.717) is 18.0 Å². The lowest BCUT2D eigenvalue weighted by atomic mass is 10.1. The van der Waals surface area contributed by atoms with Crippen LogP contribution in [0.3, 0.4) is 0 Å². The lowest BCUT2D eigenvalue weighted by Crippen LogP contribution is -2.33. The number of nitrogens with zero attached hydrogens (tertiary/aromatic N) is 1. The summed E-state index contributed by atoms with van der Waals surface area (Å²) >= 11 is 0. The maximum Gasteiger partial charge on any atom is 0.243 e. The molecule has 1 saturated carbocycles. The van der Waals surface area contributed by atoms with Crippen LogP contribution < -0.4 is 5.73 Å². The molecule has 4 nitrogen and oxygen atoms in total. The quantitative estimate of drug-likeness (QED) is 0.882. The van der Waals surface area contributed by atoms with Crippen molar-refractivity contribution in [3.05, 3.63) is 29.3 Å². The molecule has 0 spiro atoms. The molecule has 1 aromatic rings. The van der Waals surface area contributed by atoms with Crippen LogP contribution in [-0.2, 0) is 16.6 Å². The Balaban J connectivity index is 2.46. The summed E-state index contributed by atoms with van der Waals surface area (Å²) in [5.74, 6) is 0. The van der Waals surface area contributed by atoms with Gasteiger partial charge in [0, 0.05) is 19.1 Å². The van der Waals surface area contributed by atoms with Crippen molar-refractivity contribution in [1.82, 2.24) is 4.31 Å². The molecule has 0 radical (unpaired) electrons. The van der Waals surface area contributed by atoms with Crippen LogP contribution in [-0.4, -0.2) is 25.3 Å². The van der Waals surface area contributed by atoms with Crippen LogP contribution in [0.4, 0.5) is 0 Å². The van der Waals surface area contributed by atoms with Crippen molar-refractivity contribution >= 4 is 10.0 Å². The molecule has 0 unspecified atom stereocenters. The second-order valence-electron chi connectivity index (χ2n) is 4.68. The molecular weight excluding hydrogens is 248 g/mol. The maximum atomic E-state index is 12.6. The van der Waals surface area contributed by atoms with Crippen LogP contribution in [0.1, 0.15) is 30.9 Å². The van der Waals surface area contributed by atoms with E-state index in [0.717, 1.165) is 24.0 Å². The van der Waals surface area contributed by atoms with E-state index in [2.05, 4.69) is 0 Å². The molecule has 0 bridgehead atoms. The van der Waals surface area contributed by atoms with Gasteiger partial charge in [-0.05, 0) is 37.0 Å². The highest BCUT2D eigenvalue weighted by Crippen LogP contribution is 2.33. The lowest BCUT2D eigenvalue weighted by Gasteiger charge is -2.21. The topological polar surface area (TPSA) is 63.4 Å². The summed E-state index contributed by atoms with van der Waals surface area (Å²) in [6, 6.07) is 5.51. The van der Waals surface area contributed by atoms with E-state index in [4.69, 9.17) is 5.73 Å². The van der Waals surface area contributed by atoms with Gasteiger partial charge >= 0.3 is 0 Å². The molecule has 0 heterocycles. The number of hydrogen-bond acceptors (Lipinski definition) is 3. The minimum Gasteiger partial charge on any atom is -0.326 e. The Morgan fingerprint density at radius 1 is 1.39 bits per heavy atom. The van der Waals surface area contributed by atoms with Gasteiger partial charge in [-0.2, -0.15) is 4.31 Å². The fourth-order valence-electron chi connectivity index (χ4n) is 2.27. The third-order valence-corrected chi connectivity index (χ3v) is 5.64. The smallest absolute Gasteiger partial charge is 0.243 e. The van der Waals surface area contributed by atoms with E-state index in [9.17, 15) is 8.42 Å². The van der Waals surface area contributed by atoms with E-state index in [-0.39, 0.29) is 6.04 Å². The molecule has 0 atom stereocenters. The first-order valence-electron chi connectivity index (χ1n) is 6.32. The fraction of sp³-hybridized carbons (Fsp3) is 0.538. The van der Waals surface area contributed by atoms with E-state index in [1.807, 2.05) is 19.9 Å². The summed E-state index contributed by atoms with van der Waals surface area (Å²) in [5, 5.41) is 0. The van der Waals surface area contributed by atoms with Gasteiger partial charge in [-0.3, -0.25) is 0 Å². The first-order chi connectivity index (χ1) is 8.52. The van der Waals surface area contributed by atoms with Gasteiger partial charge in [0.1, 0.15) is 0 Å². The Hall–Kier alpha value is -0.910. The van der Waals surface area contributed by atoms with Gasteiger partial charge in [0.05, 0.1) is 4.90 Å². The molecule has 0 aromatic heterocycles. The van der Waals surface area contributed by atoms with Gasteiger partial charge in [0.2, 0.25) is 10.0 Å². The van der Waals surface area contributed by atoms with Gasteiger partial charge in [-0.25, -0.2) is 8.42 Å². The molecule has 1 aliphatic carbocycles. The van der Waals surface area contributed by atoms with E-state index in [1.54, 1.807) is 16.4 Å². The van der Waals surface area contributed by atoms with Crippen molar-refractivity contribution in [2.45, 2.75) is 44.2 Å². The Morgan fingerprint density at radius 2 is 2.06 bits per heavy atom. The Morgan fingerprint density at radius 3 is 2.56 bits per heavy atom. The van der Waals surface area contributed by atoms with Gasteiger partial charge in [0.25, 0.3) is 0 Å². The van der Waals surface area contributed by atoms with Crippen LogP contribution in [0, 0.1) is 6.92 Å². The van der Waals surface area contributed by atoms with Crippen LogP contribution in [0.2, 0.25) is 0 Å². The summed E-state index contributed by atoms with van der Waals surface area (Å²) in [6.45, 7) is 4.61. The van der Waals surface area contributed by atoms with Gasteiger partial charge in [-0.15, -0.1) is 0 Å². The second-order valence-corrected chi connectivity index (χ2v) is 6.54. The minimum atomic E-state index is -3.37. The van der Waals surface area contributed by atoms with Crippen molar-refractivity contribution in [2.24, 2.45) is 5.73 Å². The molecule has 0 aliphatic heterocycles. The van der Waals surface area contributed by atoms with Gasteiger partial charge in [0.15, 0.2) is 0 Å². The number of hydrogen-bond donors (Lipinski definition) is 1. The second kappa shape index (κ2) is 4.99. The number of sulfonamides is 1. The highest BCUT2D eigenvalue weighted by molar-refractivity contribution is 7.89. The standard InChI is InChI=1S/C13H20N2O2S/c1-3-15(12-7-8-12)18(16,17)13-6-4-5-11(9-14)10(13)2/h4-6,12H,3,7-9,14H2,1-2H3. The molecule has 1 aliphatic rings. The highest BCUT2D eigenvalue weighted by atomic mass is 32.2. The SMILES string of the molecule is CCN(C1CC1)S(=O)(=O)c1cccc(CN)c1C. The predicted molar refractivity (Wildman–Crippen MR) is 71.7 cm³/mol. The highest BCUT2D eigenvalue weighted by Gasteiger charge is 2.37. The Labute approximate surface area is 109 Å². The van der Waals surface area contributed by atoms with Crippen LogP contribution in [0.5, 0.6) is 0 Å². The average Bonchev–Trinajstić information content (AvgIpc) is 3.14. The molecule has 5 heteroatoms. The minimum absolute atomic E-state index is 0.195. The lowest BCUT2D eigenvalue weighted by molar-refractivity contribution is 0.420. The molecular formula is C13H20N2O2S. The Kier molecular flexibility index (Phi) is 3.75. The van der Waals surface area contributed by atoms with Crippen LogP contribution in [0.25, 0.3) is 0 Å². The zero-order valence-electron chi connectivity index (χ0n) is 10.9. The molecule has 0 amide bonds. The van der Waals surface area contributed by atoms with Crippen molar-refractivity contribution in [1.29, 1.82) is 0 Å². The number of benzene rings is 1. The monoisotopic (exact) mass is 268 g/mol. The first kappa shape index (κ1) is 13.5. The molecule has 0 saturated heterocycles. The molecule has 1 fully saturated rings. The largest absolute Gasteiger partial charge is 0.326 e. The molecule has 18 heavy (non-hydrogen) atoms. The van der Waals surface area contributed by atoms with Crippen molar-refractivity contribution < 1.29 is 8.42 Å². The van der Waals surface area contributed by atoms with Crippen LogP contribution >= 0.6 is 0 Å². The molecule has 2 N–H and O–H groups in total. The van der Waals surface area contributed by atoms with Crippen molar-refractivity contribution in [2.75, 3.05) is 6.54 Å². The third-order valence-electron chi connectivity index (χ3n) is 3.47. The zero-order chi connectivity index (χ0) is 13.3. The van der Waals surface area contributed by atoms with Gasteiger partial charge < -0.3 is 5.73 Å². The van der Waals surface area contributed by atoms with Gasteiger partial charge in [-0.1, -0.05) is 19.1 Å². The Bertz CT molecular complexity index is 536. The van der Waals surface area contributed by atoms with E-state index in [1.165, 1.54) is 0 Å². The van der Waals surface area contributed by atoms with Crippen molar-refractivity contribution in [3.63, 3.8) is 0 Å². The molecule has 100 valence electrons. The normalized spacial score (nSPS) is 16.2. The van der Waals surface area contributed by atoms with E-state index < -0.39 is 10.0 Å². The number of rotatable bonds is 5. The summed E-state index contributed by atoms with van der Waals surface area (Å²) in [4.78, 5) is 0.402. The first-order valence-corrected chi connectivity index (χ1v) is 7.76. The van der Waals surface area contributed by atoms with Crippen molar-refractivity contribution in [3.8, 4) is 0 Å². The van der Waals surface area contributed by atoms with Crippen LogP contribution in [0.15, 0.2) is 23.1 Å².